The SMILES string of the molecule is CCCCCCCCCCCCC/C=C/C(O)C(CO)NC(=O)CCCCCCCCCCCCCCCCCOC(=O)CCCCCCCCCCCCCCCCCCCCC. The number of esters is 1. The third-order valence-corrected chi connectivity index (χ3v) is 13.6. The second kappa shape index (κ2) is 54.2. The molecule has 0 rings (SSSR count). The number of carbonyl (C=O) groups excluding carboxylic acids is 2. The molecule has 0 aromatic carbocycles. The number of aliphatic hydroxyl groups excluding tert-OH is 2. The molecule has 0 bridgehead atoms. The second-order valence-corrected chi connectivity index (χ2v) is 20.0. The van der Waals surface area contributed by atoms with Gasteiger partial charge in [0.1, 0.15) is 0 Å². The maximum atomic E-state index is 12.4. The minimum Gasteiger partial charge on any atom is -0.466 e. The van der Waals surface area contributed by atoms with Gasteiger partial charge in [0.25, 0.3) is 0 Å². The average molecular weight is 905 g/mol. The molecule has 6 heteroatoms. The summed E-state index contributed by atoms with van der Waals surface area (Å²) in [6, 6.07) is -0.632. The van der Waals surface area contributed by atoms with E-state index >= 15 is 0 Å². The minimum absolute atomic E-state index is 0.00468. The van der Waals surface area contributed by atoms with E-state index in [1.807, 2.05) is 6.08 Å². The van der Waals surface area contributed by atoms with E-state index in [1.165, 1.54) is 250 Å². The number of allylic oxidation sites excluding steroid dienone is 1. The molecule has 6 nitrogen and oxygen atoms in total. The fraction of sp³-hybridized carbons (Fsp3) is 0.931. The van der Waals surface area contributed by atoms with Crippen molar-refractivity contribution in [3.63, 3.8) is 0 Å². The molecule has 2 unspecified atom stereocenters. The van der Waals surface area contributed by atoms with Crippen LogP contribution in [-0.4, -0.2) is 47.4 Å². The Bertz CT molecular complexity index is 955. The van der Waals surface area contributed by atoms with Crippen molar-refractivity contribution < 1.29 is 24.5 Å². The Morgan fingerprint density at radius 3 is 1.06 bits per heavy atom. The van der Waals surface area contributed by atoms with Crippen LogP contribution < -0.4 is 5.32 Å². The normalized spacial score (nSPS) is 12.6. The van der Waals surface area contributed by atoms with Gasteiger partial charge >= 0.3 is 5.97 Å². The summed E-state index contributed by atoms with van der Waals surface area (Å²) in [6.07, 6.45) is 63.7. The zero-order valence-electron chi connectivity index (χ0n) is 43.3. The van der Waals surface area contributed by atoms with Crippen molar-refractivity contribution in [2.45, 2.75) is 334 Å². The number of unbranched alkanes of at least 4 members (excludes halogenated alkanes) is 43. The van der Waals surface area contributed by atoms with Crippen LogP contribution in [0.5, 0.6) is 0 Å². The van der Waals surface area contributed by atoms with Gasteiger partial charge in [0.05, 0.1) is 25.4 Å². The summed E-state index contributed by atoms with van der Waals surface area (Å²) < 4.78 is 5.49. The van der Waals surface area contributed by atoms with Gasteiger partial charge in [0, 0.05) is 12.8 Å². The molecule has 1 amide bonds. The highest BCUT2D eigenvalue weighted by atomic mass is 16.5. The topological polar surface area (TPSA) is 95.9 Å². The van der Waals surface area contributed by atoms with E-state index in [1.54, 1.807) is 6.08 Å². The summed E-state index contributed by atoms with van der Waals surface area (Å²) in [6.45, 7) is 4.90. The lowest BCUT2D eigenvalue weighted by atomic mass is 10.0. The zero-order valence-corrected chi connectivity index (χ0v) is 43.3. The lowest BCUT2D eigenvalue weighted by Gasteiger charge is -2.20. The van der Waals surface area contributed by atoms with E-state index < -0.39 is 12.1 Å². The highest BCUT2D eigenvalue weighted by Gasteiger charge is 2.18. The largest absolute Gasteiger partial charge is 0.466 e. The Labute approximate surface area is 399 Å². The van der Waals surface area contributed by atoms with Crippen LogP contribution in [0, 0.1) is 0 Å². The number of rotatable bonds is 54. The zero-order chi connectivity index (χ0) is 46.5. The lowest BCUT2D eigenvalue weighted by Crippen LogP contribution is -2.45. The predicted octanol–water partition coefficient (Wildman–Crippen LogP) is 17.7. The number of carbonyl (C=O) groups is 2. The average Bonchev–Trinajstić information content (AvgIpc) is 3.29. The van der Waals surface area contributed by atoms with Crippen molar-refractivity contribution in [1.29, 1.82) is 0 Å². The van der Waals surface area contributed by atoms with Crippen LogP contribution in [0.15, 0.2) is 12.2 Å². The van der Waals surface area contributed by atoms with Crippen LogP contribution in [0.2, 0.25) is 0 Å². The van der Waals surface area contributed by atoms with E-state index in [2.05, 4.69) is 19.2 Å². The molecule has 0 saturated carbocycles. The van der Waals surface area contributed by atoms with Gasteiger partial charge in [0.15, 0.2) is 0 Å². The fourth-order valence-corrected chi connectivity index (χ4v) is 9.11. The van der Waals surface area contributed by atoms with Crippen molar-refractivity contribution >= 4 is 11.9 Å². The standard InChI is InChI=1S/C58H113NO5/c1-3-5-7-9-11-13-15-17-18-19-20-21-24-28-32-36-40-44-48-52-58(63)64-53-49-45-41-37-33-29-25-22-23-27-31-35-39-43-47-51-57(62)59-55(54-60)56(61)50-46-42-38-34-30-26-16-14-12-10-8-6-4-2/h46,50,55-56,60-61H,3-45,47-49,51-54H2,1-2H3,(H,59,62)/b50-46+. The highest BCUT2D eigenvalue weighted by Crippen LogP contribution is 2.17. The first kappa shape index (κ1) is 62.6. The maximum Gasteiger partial charge on any atom is 0.305 e. The third-order valence-electron chi connectivity index (χ3n) is 13.6. The molecule has 0 aromatic heterocycles. The predicted molar refractivity (Wildman–Crippen MR) is 278 cm³/mol. The molecular weight excluding hydrogens is 791 g/mol. The van der Waals surface area contributed by atoms with Crippen LogP contribution in [-0.2, 0) is 14.3 Å². The molecule has 380 valence electrons. The second-order valence-electron chi connectivity index (χ2n) is 20.0. The summed E-state index contributed by atoms with van der Waals surface area (Å²) in [5.74, 6) is -0.0705. The summed E-state index contributed by atoms with van der Waals surface area (Å²) in [5, 5.41) is 23.1. The minimum atomic E-state index is -0.848. The van der Waals surface area contributed by atoms with Gasteiger partial charge in [-0.3, -0.25) is 9.59 Å². The maximum absolute atomic E-state index is 12.4. The molecule has 0 radical (unpaired) electrons. The molecule has 0 aliphatic heterocycles. The number of aliphatic hydroxyl groups is 2. The van der Waals surface area contributed by atoms with Gasteiger partial charge in [-0.25, -0.2) is 0 Å². The van der Waals surface area contributed by atoms with E-state index in [9.17, 15) is 19.8 Å². The Morgan fingerprint density at radius 1 is 0.422 bits per heavy atom. The Balaban J connectivity index is 3.41. The molecule has 0 aliphatic carbocycles. The first-order valence-electron chi connectivity index (χ1n) is 29.0. The Hall–Kier alpha value is -1.40. The molecule has 0 aromatic rings. The van der Waals surface area contributed by atoms with Gasteiger partial charge < -0.3 is 20.3 Å². The summed E-state index contributed by atoms with van der Waals surface area (Å²) in [5.41, 5.74) is 0. The van der Waals surface area contributed by atoms with Gasteiger partial charge in [-0.2, -0.15) is 0 Å². The van der Waals surface area contributed by atoms with Crippen LogP contribution in [0.4, 0.5) is 0 Å². The first-order chi connectivity index (χ1) is 31.5. The molecule has 0 spiro atoms. The number of hydrogen-bond donors (Lipinski definition) is 3. The van der Waals surface area contributed by atoms with E-state index in [0.717, 1.165) is 44.9 Å². The van der Waals surface area contributed by atoms with Crippen LogP contribution in [0.3, 0.4) is 0 Å². The van der Waals surface area contributed by atoms with Crippen molar-refractivity contribution in [1.82, 2.24) is 5.32 Å². The molecule has 64 heavy (non-hydrogen) atoms. The van der Waals surface area contributed by atoms with Gasteiger partial charge in [-0.15, -0.1) is 0 Å². The van der Waals surface area contributed by atoms with Crippen LogP contribution >= 0.6 is 0 Å². The monoisotopic (exact) mass is 904 g/mol. The molecule has 3 N–H and O–H groups in total. The summed E-state index contributed by atoms with van der Waals surface area (Å²) >= 11 is 0. The van der Waals surface area contributed by atoms with Crippen molar-refractivity contribution in [2.24, 2.45) is 0 Å². The van der Waals surface area contributed by atoms with E-state index in [-0.39, 0.29) is 18.5 Å². The van der Waals surface area contributed by atoms with Crippen molar-refractivity contribution in [2.75, 3.05) is 13.2 Å². The smallest absolute Gasteiger partial charge is 0.305 e. The van der Waals surface area contributed by atoms with Crippen LogP contribution in [0.25, 0.3) is 0 Å². The van der Waals surface area contributed by atoms with Gasteiger partial charge in [-0.1, -0.05) is 289 Å². The Morgan fingerprint density at radius 2 is 0.719 bits per heavy atom. The van der Waals surface area contributed by atoms with Crippen LogP contribution in [0.1, 0.15) is 322 Å². The summed E-state index contributed by atoms with van der Waals surface area (Å²) in [7, 11) is 0. The summed E-state index contributed by atoms with van der Waals surface area (Å²) in [4.78, 5) is 24.5. The van der Waals surface area contributed by atoms with E-state index in [4.69, 9.17) is 4.74 Å². The van der Waals surface area contributed by atoms with Gasteiger partial charge in [-0.05, 0) is 32.1 Å². The third kappa shape index (κ3) is 50.0. The quantitative estimate of drug-likeness (QED) is 0.0321. The molecule has 0 heterocycles. The van der Waals surface area contributed by atoms with Gasteiger partial charge in [0.2, 0.25) is 5.91 Å². The molecular formula is C58H113NO5. The number of amides is 1. The number of nitrogens with one attached hydrogen (secondary N) is 1. The van der Waals surface area contributed by atoms with E-state index in [0.29, 0.717) is 19.4 Å². The molecule has 0 aliphatic rings. The van der Waals surface area contributed by atoms with Crippen molar-refractivity contribution in [3.05, 3.63) is 12.2 Å². The first-order valence-corrected chi connectivity index (χ1v) is 29.0. The molecule has 0 fully saturated rings. The number of hydrogen-bond acceptors (Lipinski definition) is 5. The number of ether oxygens (including phenoxy) is 1. The molecule has 2 atom stereocenters. The Kier molecular flexibility index (Phi) is 53.0. The molecule has 0 saturated heterocycles. The lowest BCUT2D eigenvalue weighted by molar-refractivity contribution is -0.143. The fourth-order valence-electron chi connectivity index (χ4n) is 9.11. The highest BCUT2D eigenvalue weighted by molar-refractivity contribution is 5.76. The van der Waals surface area contributed by atoms with Crippen molar-refractivity contribution in [3.8, 4) is 0 Å².